The van der Waals surface area contributed by atoms with Gasteiger partial charge >= 0.3 is 5.97 Å². The maximum absolute atomic E-state index is 12.4. The maximum Gasteiger partial charge on any atom is 0.338 e. The number of carbonyl (C=O) groups excluding carboxylic acids is 1. The lowest BCUT2D eigenvalue weighted by Crippen LogP contribution is -2.36. The molecule has 0 aliphatic carbocycles. The zero-order valence-electron chi connectivity index (χ0n) is 21.4. The van der Waals surface area contributed by atoms with Gasteiger partial charge in [0.2, 0.25) is 0 Å². The average molecular weight is 541 g/mol. The van der Waals surface area contributed by atoms with Gasteiger partial charge in [-0.1, -0.05) is 24.3 Å². The van der Waals surface area contributed by atoms with Crippen molar-refractivity contribution >= 4 is 34.7 Å². The number of esters is 1. The molecule has 2 aromatic carbocycles. The minimum Gasteiger partial charge on any atom is -0.465 e. The van der Waals surface area contributed by atoms with E-state index in [9.17, 15) is 4.79 Å². The third-order valence-corrected chi connectivity index (χ3v) is 7.43. The molecule has 8 nitrogen and oxygen atoms in total. The standard InChI is InChI=1S/C30H28N4O4S/c1-36-29(35)23-7-3-2-6-22(23)25-13-14-26(38-25)28-27(24-8-4-5-15-31-24)32-30(39)34(28)21-11-9-20(10-12-21)33-16-18-37-19-17-33/h2-15,27-28H,16-19H2,1H3,(H,32,39). The van der Waals surface area contributed by atoms with E-state index < -0.39 is 5.97 Å². The Morgan fingerprint density at radius 1 is 0.974 bits per heavy atom. The summed E-state index contributed by atoms with van der Waals surface area (Å²) in [5.74, 6) is 0.858. The van der Waals surface area contributed by atoms with Gasteiger partial charge in [-0.15, -0.1) is 0 Å². The van der Waals surface area contributed by atoms with Crippen LogP contribution in [0.3, 0.4) is 0 Å². The molecule has 6 rings (SSSR count). The summed E-state index contributed by atoms with van der Waals surface area (Å²) in [7, 11) is 1.37. The van der Waals surface area contributed by atoms with E-state index in [4.69, 9.17) is 26.1 Å². The van der Waals surface area contributed by atoms with Crippen LogP contribution in [0.15, 0.2) is 89.5 Å². The molecule has 2 unspecified atom stereocenters. The number of ether oxygens (including phenoxy) is 2. The van der Waals surface area contributed by atoms with E-state index in [-0.39, 0.29) is 12.1 Å². The number of benzene rings is 2. The summed E-state index contributed by atoms with van der Waals surface area (Å²) in [6.07, 6.45) is 1.77. The molecule has 9 heteroatoms. The monoisotopic (exact) mass is 540 g/mol. The molecule has 2 atom stereocenters. The topological polar surface area (TPSA) is 80.1 Å². The Morgan fingerprint density at radius 2 is 1.72 bits per heavy atom. The molecule has 2 saturated heterocycles. The van der Waals surface area contributed by atoms with E-state index in [2.05, 4.69) is 44.4 Å². The molecule has 2 aromatic heterocycles. The molecule has 0 bridgehead atoms. The van der Waals surface area contributed by atoms with E-state index in [1.54, 1.807) is 18.3 Å². The van der Waals surface area contributed by atoms with Crippen molar-refractivity contribution < 1.29 is 18.7 Å². The second-order valence-corrected chi connectivity index (χ2v) is 9.74. The molecule has 4 aromatic rings. The second kappa shape index (κ2) is 10.9. The SMILES string of the molecule is COC(=O)c1ccccc1-c1ccc(C2C(c3ccccn3)NC(=S)N2c2ccc(N3CCOCC3)cc2)o1. The van der Waals surface area contributed by atoms with Crippen molar-refractivity contribution in [3.8, 4) is 11.3 Å². The van der Waals surface area contributed by atoms with Crippen molar-refractivity contribution in [2.24, 2.45) is 0 Å². The van der Waals surface area contributed by atoms with Crippen molar-refractivity contribution in [1.29, 1.82) is 0 Å². The lowest BCUT2D eigenvalue weighted by Gasteiger charge is -2.30. The zero-order chi connectivity index (χ0) is 26.8. The number of hydrogen-bond acceptors (Lipinski definition) is 7. The molecule has 0 amide bonds. The highest BCUT2D eigenvalue weighted by atomic mass is 32.1. The number of hydrogen-bond donors (Lipinski definition) is 1. The molecule has 2 fully saturated rings. The molecular weight excluding hydrogens is 512 g/mol. The first-order valence-corrected chi connectivity index (χ1v) is 13.3. The first-order chi connectivity index (χ1) is 19.1. The lowest BCUT2D eigenvalue weighted by atomic mass is 10.0. The minimum atomic E-state index is -0.416. The second-order valence-electron chi connectivity index (χ2n) is 9.35. The van der Waals surface area contributed by atoms with E-state index >= 15 is 0 Å². The molecule has 0 spiro atoms. The summed E-state index contributed by atoms with van der Waals surface area (Å²) in [4.78, 5) is 21.4. The highest BCUT2D eigenvalue weighted by Crippen LogP contribution is 2.43. The summed E-state index contributed by atoms with van der Waals surface area (Å²) in [6, 6.07) is 24.8. The summed E-state index contributed by atoms with van der Waals surface area (Å²) < 4.78 is 16.9. The first-order valence-electron chi connectivity index (χ1n) is 12.8. The summed E-state index contributed by atoms with van der Waals surface area (Å²) >= 11 is 5.86. The van der Waals surface area contributed by atoms with Crippen LogP contribution in [0.4, 0.5) is 11.4 Å². The molecule has 0 saturated carbocycles. The normalized spacial score (nSPS) is 19.2. The van der Waals surface area contributed by atoms with E-state index in [0.717, 1.165) is 43.4 Å². The number of pyridine rings is 1. The number of furan rings is 1. The first kappa shape index (κ1) is 25.1. The van der Waals surface area contributed by atoms with Gasteiger partial charge in [0, 0.05) is 36.2 Å². The molecule has 4 heterocycles. The van der Waals surface area contributed by atoms with Crippen LogP contribution in [0.1, 0.15) is 33.9 Å². The Morgan fingerprint density at radius 3 is 2.46 bits per heavy atom. The molecule has 0 radical (unpaired) electrons. The highest BCUT2D eigenvalue weighted by Gasteiger charge is 2.42. The molecule has 2 aliphatic rings. The van der Waals surface area contributed by atoms with Crippen LogP contribution in [0.25, 0.3) is 11.3 Å². The van der Waals surface area contributed by atoms with Crippen LogP contribution in [0.2, 0.25) is 0 Å². The lowest BCUT2D eigenvalue weighted by molar-refractivity contribution is 0.0601. The maximum atomic E-state index is 12.4. The van der Waals surface area contributed by atoms with Crippen molar-refractivity contribution in [3.05, 3.63) is 102 Å². The Balaban J connectivity index is 1.38. The number of anilines is 2. The van der Waals surface area contributed by atoms with Gasteiger partial charge in [0.1, 0.15) is 17.6 Å². The fourth-order valence-electron chi connectivity index (χ4n) is 5.21. The molecule has 1 N–H and O–H groups in total. The predicted molar refractivity (Wildman–Crippen MR) is 153 cm³/mol. The van der Waals surface area contributed by atoms with Crippen molar-refractivity contribution in [1.82, 2.24) is 10.3 Å². The number of rotatable bonds is 6. The minimum absolute atomic E-state index is 0.243. The number of morpholine rings is 1. The number of carbonyl (C=O) groups is 1. The Kier molecular flexibility index (Phi) is 7.00. The smallest absolute Gasteiger partial charge is 0.338 e. The number of nitrogens with one attached hydrogen (secondary N) is 1. The van der Waals surface area contributed by atoms with Gasteiger partial charge in [-0.05, 0) is 66.8 Å². The number of thiocarbonyl (C=S) groups is 1. The number of aromatic nitrogens is 1. The number of methoxy groups -OCH3 is 1. The van der Waals surface area contributed by atoms with Gasteiger partial charge in [-0.3, -0.25) is 4.98 Å². The summed E-state index contributed by atoms with van der Waals surface area (Å²) in [5.41, 5.74) is 4.06. The molecule has 198 valence electrons. The van der Waals surface area contributed by atoms with Crippen LogP contribution < -0.4 is 15.1 Å². The van der Waals surface area contributed by atoms with Gasteiger partial charge in [0.15, 0.2) is 5.11 Å². The van der Waals surface area contributed by atoms with Crippen molar-refractivity contribution in [2.45, 2.75) is 12.1 Å². The quantitative estimate of drug-likeness (QED) is 0.264. The fourth-order valence-corrected chi connectivity index (χ4v) is 5.56. The van der Waals surface area contributed by atoms with E-state index in [1.807, 2.05) is 42.5 Å². The van der Waals surface area contributed by atoms with Crippen LogP contribution in [-0.2, 0) is 9.47 Å². The Hall–Kier alpha value is -4.21. The van der Waals surface area contributed by atoms with Crippen molar-refractivity contribution in [2.75, 3.05) is 43.2 Å². The Bertz CT molecular complexity index is 1470. The van der Waals surface area contributed by atoms with Crippen LogP contribution in [0.5, 0.6) is 0 Å². The van der Waals surface area contributed by atoms with Gasteiger partial charge in [-0.2, -0.15) is 0 Å². The van der Waals surface area contributed by atoms with Gasteiger partial charge in [-0.25, -0.2) is 4.79 Å². The van der Waals surface area contributed by atoms with Crippen LogP contribution >= 0.6 is 12.2 Å². The zero-order valence-corrected chi connectivity index (χ0v) is 22.3. The summed E-state index contributed by atoms with van der Waals surface area (Å²) in [6.45, 7) is 3.20. The van der Waals surface area contributed by atoms with Gasteiger partial charge in [0.05, 0.1) is 37.6 Å². The molecular formula is C30H28N4O4S. The third kappa shape index (κ3) is 4.86. The van der Waals surface area contributed by atoms with E-state index in [0.29, 0.717) is 27.8 Å². The summed E-state index contributed by atoms with van der Waals surface area (Å²) in [5, 5.41) is 4.05. The van der Waals surface area contributed by atoms with Gasteiger partial charge < -0.3 is 29.0 Å². The van der Waals surface area contributed by atoms with Crippen molar-refractivity contribution in [3.63, 3.8) is 0 Å². The number of nitrogens with zero attached hydrogens (tertiary/aromatic N) is 3. The largest absolute Gasteiger partial charge is 0.465 e. The third-order valence-electron chi connectivity index (χ3n) is 7.12. The van der Waals surface area contributed by atoms with Crippen LogP contribution in [0, 0.1) is 0 Å². The van der Waals surface area contributed by atoms with Gasteiger partial charge in [0.25, 0.3) is 0 Å². The average Bonchev–Trinajstić information content (AvgIpc) is 3.62. The highest BCUT2D eigenvalue weighted by molar-refractivity contribution is 7.80. The Labute approximate surface area is 232 Å². The molecule has 39 heavy (non-hydrogen) atoms. The fraction of sp³-hybridized carbons (Fsp3) is 0.233. The van der Waals surface area contributed by atoms with Crippen LogP contribution in [-0.4, -0.2) is 49.5 Å². The predicted octanol–water partition coefficient (Wildman–Crippen LogP) is 5.14. The molecule has 2 aliphatic heterocycles. The van der Waals surface area contributed by atoms with E-state index in [1.165, 1.54) is 7.11 Å².